The maximum Gasteiger partial charge on any atom is 0.134 e. The Hall–Kier alpha value is -0.940. The van der Waals surface area contributed by atoms with Crippen molar-refractivity contribution in [3.8, 4) is 0 Å². The first-order valence-corrected chi connectivity index (χ1v) is 6.32. The van der Waals surface area contributed by atoms with Crippen LogP contribution in [0.1, 0.15) is 12.0 Å². The Morgan fingerprint density at radius 1 is 1.65 bits per heavy atom. The van der Waals surface area contributed by atoms with Crippen LogP contribution in [0.4, 0.5) is 10.2 Å². The summed E-state index contributed by atoms with van der Waals surface area (Å²) in [4.78, 5) is 4.33. The molecule has 0 aliphatic carbocycles. The third-order valence-corrected chi connectivity index (χ3v) is 3.28. The standard InChI is InChI=1S/C12H15BrFN3/c1-7-3-4-11(13)17-12(7)16-8(2)10-5-9(14)6-15-10/h3-4,9-10,15H,2,5-6H2,1H3,(H,16,17)/t9-,10+/m1/s1. The Morgan fingerprint density at radius 3 is 3.06 bits per heavy atom. The molecule has 92 valence electrons. The second-order valence-electron chi connectivity index (χ2n) is 4.24. The highest BCUT2D eigenvalue weighted by molar-refractivity contribution is 9.10. The van der Waals surface area contributed by atoms with E-state index in [1.165, 1.54) is 0 Å². The molecule has 0 amide bonds. The van der Waals surface area contributed by atoms with Gasteiger partial charge in [-0.05, 0) is 34.5 Å². The van der Waals surface area contributed by atoms with Gasteiger partial charge in [-0.25, -0.2) is 9.37 Å². The smallest absolute Gasteiger partial charge is 0.134 e. The predicted octanol–water partition coefficient (Wildman–Crippen LogP) is 2.78. The molecule has 1 aromatic heterocycles. The minimum Gasteiger partial charge on any atom is -0.343 e. The number of nitrogens with one attached hydrogen (secondary N) is 2. The van der Waals surface area contributed by atoms with E-state index < -0.39 is 6.17 Å². The number of pyridine rings is 1. The lowest BCUT2D eigenvalue weighted by atomic mass is 10.1. The van der Waals surface area contributed by atoms with Crippen molar-refractivity contribution >= 4 is 21.7 Å². The lowest BCUT2D eigenvalue weighted by Gasteiger charge is -2.16. The quantitative estimate of drug-likeness (QED) is 0.843. The highest BCUT2D eigenvalue weighted by atomic mass is 79.9. The van der Waals surface area contributed by atoms with Gasteiger partial charge in [-0.15, -0.1) is 0 Å². The highest BCUT2D eigenvalue weighted by Crippen LogP contribution is 2.21. The van der Waals surface area contributed by atoms with Crippen LogP contribution in [0.3, 0.4) is 0 Å². The molecule has 1 aromatic rings. The molecule has 1 aliphatic heterocycles. The monoisotopic (exact) mass is 299 g/mol. The van der Waals surface area contributed by atoms with Crippen molar-refractivity contribution in [3.63, 3.8) is 0 Å². The van der Waals surface area contributed by atoms with E-state index in [1.54, 1.807) is 0 Å². The third-order valence-electron chi connectivity index (χ3n) is 2.84. The molecule has 0 spiro atoms. The van der Waals surface area contributed by atoms with Crippen LogP contribution in [0.2, 0.25) is 0 Å². The number of anilines is 1. The van der Waals surface area contributed by atoms with Crippen LogP contribution in [0.25, 0.3) is 0 Å². The number of alkyl halides is 1. The van der Waals surface area contributed by atoms with E-state index in [0.29, 0.717) is 13.0 Å². The summed E-state index contributed by atoms with van der Waals surface area (Å²) in [6, 6.07) is 3.83. The molecule has 2 atom stereocenters. The van der Waals surface area contributed by atoms with Crippen molar-refractivity contribution in [2.75, 3.05) is 11.9 Å². The van der Waals surface area contributed by atoms with Gasteiger partial charge in [0.15, 0.2) is 0 Å². The minimum absolute atomic E-state index is 0.0230. The van der Waals surface area contributed by atoms with Gasteiger partial charge in [-0.2, -0.15) is 0 Å². The molecule has 2 rings (SSSR count). The van der Waals surface area contributed by atoms with Crippen LogP contribution in [-0.2, 0) is 0 Å². The number of halogens is 2. The number of aryl methyl sites for hydroxylation is 1. The first kappa shape index (κ1) is 12.5. The van der Waals surface area contributed by atoms with Crippen molar-refractivity contribution in [1.29, 1.82) is 0 Å². The number of aromatic nitrogens is 1. The molecule has 2 heterocycles. The Morgan fingerprint density at radius 2 is 2.41 bits per heavy atom. The van der Waals surface area contributed by atoms with Gasteiger partial charge < -0.3 is 10.6 Å². The van der Waals surface area contributed by atoms with E-state index in [9.17, 15) is 4.39 Å². The first-order chi connectivity index (χ1) is 8.06. The number of nitrogens with zero attached hydrogens (tertiary/aromatic N) is 1. The lowest BCUT2D eigenvalue weighted by molar-refractivity contribution is 0.358. The molecule has 1 aliphatic rings. The average Bonchev–Trinajstić information content (AvgIpc) is 2.70. The van der Waals surface area contributed by atoms with Crippen molar-refractivity contribution in [2.45, 2.75) is 25.6 Å². The lowest BCUT2D eigenvalue weighted by Crippen LogP contribution is -2.27. The Balaban J connectivity index is 2.05. The number of rotatable bonds is 3. The fourth-order valence-corrected chi connectivity index (χ4v) is 2.14. The van der Waals surface area contributed by atoms with Crippen LogP contribution in [-0.4, -0.2) is 23.7 Å². The SMILES string of the molecule is C=C(Nc1nc(Br)ccc1C)[C@@H]1C[C@@H](F)CN1. The highest BCUT2D eigenvalue weighted by Gasteiger charge is 2.25. The summed E-state index contributed by atoms with van der Waals surface area (Å²) < 4.78 is 13.8. The van der Waals surface area contributed by atoms with Gasteiger partial charge in [0.2, 0.25) is 0 Å². The first-order valence-electron chi connectivity index (χ1n) is 5.52. The summed E-state index contributed by atoms with van der Waals surface area (Å²) in [6.07, 6.45) is -0.311. The van der Waals surface area contributed by atoms with Crippen LogP contribution in [0.5, 0.6) is 0 Å². The van der Waals surface area contributed by atoms with Gasteiger partial charge in [0, 0.05) is 24.7 Å². The fraction of sp³-hybridized carbons (Fsp3) is 0.417. The average molecular weight is 300 g/mol. The molecular weight excluding hydrogens is 285 g/mol. The molecule has 17 heavy (non-hydrogen) atoms. The minimum atomic E-state index is -0.782. The maximum atomic E-state index is 13.1. The molecule has 5 heteroatoms. The zero-order valence-electron chi connectivity index (χ0n) is 9.63. The van der Waals surface area contributed by atoms with Crippen LogP contribution >= 0.6 is 15.9 Å². The normalized spacial score (nSPS) is 23.7. The predicted molar refractivity (Wildman–Crippen MR) is 70.7 cm³/mol. The number of hydrogen-bond acceptors (Lipinski definition) is 3. The second kappa shape index (κ2) is 5.14. The molecule has 0 saturated carbocycles. The summed E-state index contributed by atoms with van der Waals surface area (Å²) in [5, 5.41) is 6.23. The molecule has 2 N–H and O–H groups in total. The summed E-state index contributed by atoms with van der Waals surface area (Å²) >= 11 is 3.32. The van der Waals surface area contributed by atoms with E-state index in [1.807, 2.05) is 19.1 Å². The molecule has 0 aromatic carbocycles. The van der Waals surface area contributed by atoms with Gasteiger partial charge >= 0.3 is 0 Å². The van der Waals surface area contributed by atoms with Crippen molar-refractivity contribution in [3.05, 3.63) is 34.6 Å². The van der Waals surface area contributed by atoms with Crippen molar-refractivity contribution in [1.82, 2.24) is 10.3 Å². The molecular formula is C12H15BrFN3. The van der Waals surface area contributed by atoms with Crippen LogP contribution in [0.15, 0.2) is 29.0 Å². The topological polar surface area (TPSA) is 37.0 Å². The van der Waals surface area contributed by atoms with E-state index in [4.69, 9.17) is 0 Å². The van der Waals surface area contributed by atoms with Gasteiger partial charge in [-0.1, -0.05) is 12.6 Å². The van der Waals surface area contributed by atoms with E-state index in [-0.39, 0.29) is 6.04 Å². The third kappa shape index (κ3) is 3.04. The summed E-state index contributed by atoms with van der Waals surface area (Å²) in [6.45, 7) is 6.31. The summed E-state index contributed by atoms with van der Waals surface area (Å²) in [7, 11) is 0. The van der Waals surface area contributed by atoms with Gasteiger partial charge in [0.1, 0.15) is 16.6 Å². The summed E-state index contributed by atoms with van der Waals surface area (Å²) in [5.41, 5.74) is 1.79. The van der Waals surface area contributed by atoms with Crippen LogP contribution < -0.4 is 10.6 Å². The van der Waals surface area contributed by atoms with Crippen molar-refractivity contribution < 1.29 is 4.39 Å². The second-order valence-corrected chi connectivity index (χ2v) is 5.06. The molecule has 1 saturated heterocycles. The van der Waals surface area contributed by atoms with Crippen LogP contribution in [0, 0.1) is 6.92 Å². The zero-order valence-corrected chi connectivity index (χ0v) is 11.2. The largest absolute Gasteiger partial charge is 0.343 e. The molecule has 0 unspecified atom stereocenters. The van der Waals surface area contributed by atoms with Gasteiger partial charge in [0.25, 0.3) is 0 Å². The maximum absolute atomic E-state index is 13.1. The van der Waals surface area contributed by atoms with E-state index in [0.717, 1.165) is 21.7 Å². The molecule has 0 radical (unpaired) electrons. The molecule has 0 bridgehead atoms. The Labute approximate surface area is 109 Å². The van der Waals surface area contributed by atoms with Gasteiger partial charge in [0.05, 0.1) is 0 Å². The number of hydrogen-bond donors (Lipinski definition) is 2. The zero-order chi connectivity index (χ0) is 12.4. The molecule has 1 fully saturated rings. The fourth-order valence-electron chi connectivity index (χ4n) is 1.83. The van der Waals surface area contributed by atoms with E-state index >= 15 is 0 Å². The summed E-state index contributed by atoms with van der Waals surface area (Å²) in [5.74, 6) is 0.758. The van der Waals surface area contributed by atoms with E-state index in [2.05, 4.69) is 38.1 Å². The Kier molecular flexibility index (Phi) is 3.79. The molecule has 3 nitrogen and oxygen atoms in total. The van der Waals surface area contributed by atoms with Crippen molar-refractivity contribution in [2.24, 2.45) is 0 Å². The van der Waals surface area contributed by atoms with Gasteiger partial charge in [-0.3, -0.25) is 0 Å². The Bertz CT molecular complexity index is 436.